The van der Waals surface area contributed by atoms with Crippen molar-refractivity contribution in [1.82, 2.24) is 19.7 Å². The molecule has 7 heteroatoms. The second kappa shape index (κ2) is 6.72. The molecule has 1 amide bonds. The summed E-state index contributed by atoms with van der Waals surface area (Å²) in [6.45, 7) is 8.33. The molecule has 26 heavy (non-hydrogen) atoms. The molecule has 0 bridgehead atoms. The Balaban J connectivity index is 1.71. The maximum absolute atomic E-state index is 12.8. The Labute approximate surface area is 156 Å². The summed E-state index contributed by atoms with van der Waals surface area (Å²) in [4.78, 5) is 19.8. The number of aryl methyl sites for hydroxylation is 1. The molecule has 0 aromatic carbocycles. The van der Waals surface area contributed by atoms with E-state index < -0.39 is 0 Å². The molecule has 4 heterocycles. The fourth-order valence-electron chi connectivity index (χ4n) is 3.35. The van der Waals surface area contributed by atoms with Crippen LogP contribution in [0, 0.1) is 12.8 Å². The molecule has 0 N–H and O–H groups in total. The van der Waals surface area contributed by atoms with Crippen LogP contribution < -0.4 is 0 Å². The number of rotatable bonds is 4. The second-order valence-electron chi connectivity index (χ2n) is 7.08. The van der Waals surface area contributed by atoms with Gasteiger partial charge in [-0.15, -0.1) is 11.3 Å². The summed E-state index contributed by atoms with van der Waals surface area (Å²) in [5.74, 6) is 1.86. The Bertz CT molecular complexity index is 924. The second-order valence-corrected chi connectivity index (χ2v) is 8.03. The quantitative estimate of drug-likeness (QED) is 0.701. The average Bonchev–Trinajstić information content (AvgIpc) is 3.34. The van der Waals surface area contributed by atoms with Crippen LogP contribution in [0.3, 0.4) is 0 Å². The normalized spacial score (nSPS) is 14.1. The van der Waals surface area contributed by atoms with E-state index in [1.165, 1.54) is 17.0 Å². The molecule has 1 aliphatic rings. The molecule has 6 nitrogen and oxygen atoms in total. The minimum absolute atomic E-state index is 0.0804. The van der Waals surface area contributed by atoms with Crippen LogP contribution in [0.1, 0.15) is 40.5 Å². The highest BCUT2D eigenvalue weighted by Gasteiger charge is 2.30. The van der Waals surface area contributed by atoms with E-state index in [1.54, 1.807) is 6.20 Å². The number of hydrogen-bond acceptors (Lipinski definition) is 5. The summed E-state index contributed by atoms with van der Waals surface area (Å²) in [6, 6.07) is 3.79. The van der Waals surface area contributed by atoms with Crippen LogP contribution in [0.25, 0.3) is 11.6 Å². The first kappa shape index (κ1) is 17.0. The molecule has 0 fully saturated rings. The Morgan fingerprint density at radius 3 is 2.92 bits per heavy atom. The Morgan fingerprint density at radius 1 is 1.42 bits per heavy atom. The van der Waals surface area contributed by atoms with Gasteiger partial charge in [0.2, 0.25) is 5.89 Å². The number of oxazole rings is 1. The van der Waals surface area contributed by atoms with E-state index >= 15 is 0 Å². The predicted molar refractivity (Wildman–Crippen MR) is 100 cm³/mol. The van der Waals surface area contributed by atoms with Gasteiger partial charge in [-0.25, -0.2) is 4.98 Å². The van der Waals surface area contributed by atoms with E-state index in [0.717, 1.165) is 34.9 Å². The van der Waals surface area contributed by atoms with Crippen molar-refractivity contribution < 1.29 is 9.21 Å². The number of carbonyl (C=O) groups is 1. The summed E-state index contributed by atoms with van der Waals surface area (Å²) in [5.41, 5.74) is 3.01. The van der Waals surface area contributed by atoms with Crippen molar-refractivity contribution in [3.8, 4) is 11.6 Å². The zero-order chi connectivity index (χ0) is 18.3. The van der Waals surface area contributed by atoms with Gasteiger partial charge in [-0.3, -0.25) is 9.48 Å². The van der Waals surface area contributed by atoms with Crippen molar-refractivity contribution >= 4 is 17.2 Å². The van der Waals surface area contributed by atoms with E-state index in [2.05, 4.69) is 23.5 Å². The summed E-state index contributed by atoms with van der Waals surface area (Å²) in [5, 5.41) is 6.73. The SMILES string of the molecule is Cc1cnc(-c2nn(CC(C)C)c3c2CN(C(=O)c2cccs2)CC3)o1. The summed E-state index contributed by atoms with van der Waals surface area (Å²) >= 11 is 1.48. The number of aromatic nitrogens is 3. The first-order valence-corrected chi connectivity index (χ1v) is 9.75. The number of amides is 1. The van der Waals surface area contributed by atoms with Crippen molar-refractivity contribution in [1.29, 1.82) is 0 Å². The topological polar surface area (TPSA) is 64.2 Å². The van der Waals surface area contributed by atoms with Gasteiger partial charge in [-0.1, -0.05) is 19.9 Å². The van der Waals surface area contributed by atoms with Crippen molar-refractivity contribution in [3.05, 3.63) is 45.6 Å². The van der Waals surface area contributed by atoms with Crippen molar-refractivity contribution in [2.75, 3.05) is 6.54 Å². The number of nitrogens with zero attached hydrogens (tertiary/aromatic N) is 4. The highest BCUT2D eigenvalue weighted by atomic mass is 32.1. The Morgan fingerprint density at radius 2 is 2.27 bits per heavy atom. The third-order valence-electron chi connectivity index (χ3n) is 4.52. The van der Waals surface area contributed by atoms with E-state index in [4.69, 9.17) is 9.52 Å². The van der Waals surface area contributed by atoms with Crippen LogP contribution in [0.15, 0.2) is 28.1 Å². The molecular formula is C19H22N4O2S. The van der Waals surface area contributed by atoms with Gasteiger partial charge >= 0.3 is 0 Å². The summed E-state index contributed by atoms with van der Waals surface area (Å²) in [7, 11) is 0. The van der Waals surface area contributed by atoms with Gasteiger partial charge in [0.05, 0.1) is 17.6 Å². The van der Waals surface area contributed by atoms with E-state index in [1.807, 2.05) is 29.3 Å². The van der Waals surface area contributed by atoms with E-state index in [9.17, 15) is 4.79 Å². The molecule has 136 valence electrons. The van der Waals surface area contributed by atoms with E-state index in [-0.39, 0.29) is 5.91 Å². The lowest BCUT2D eigenvalue weighted by Gasteiger charge is -2.27. The molecule has 0 unspecified atom stereocenters. The van der Waals surface area contributed by atoms with Crippen molar-refractivity contribution in [2.24, 2.45) is 5.92 Å². The van der Waals surface area contributed by atoms with Crippen LogP contribution in [0.5, 0.6) is 0 Å². The maximum Gasteiger partial charge on any atom is 0.264 e. The predicted octanol–water partition coefficient (Wildman–Crippen LogP) is 3.76. The molecule has 0 atom stereocenters. The molecule has 0 spiro atoms. The number of carbonyl (C=O) groups excluding carboxylic acids is 1. The van der Waals surface area contributed by atoms with Gasteiger partial charge in [0.25, 0.3) is 5.91 Å². The molecule has 0 saturated carbocycles. The van der Waals surface area contributed by atoms with Gasteiger partial charge in [0.1, 0.15) is 5.76 Å². The Hall–Kier alpha value is -2.41. The molecule has 4 rings (SSSR count). The monoisotopic (exact) mass is 370 g/mol. The van der Waals surface area contributed by atoms with Gasteiger partial charge in [0.15, 0.2) is 5.69 Å². The molecule has 1 aliphatic heterocycles. The van der Waals surface area contributed by atoms with Gasteiger partial charge in [-0.05, 0) is 24.3 Å². The van der Waals surface area contributed by atoms with Crippen molar-refractivity contribution in [2.45, 2.75) is 40.3 Å². The average molecular weight is 370 g/mol. The molecule has 0 saturated heterocycles. The smallest absolute Gasteiger partial charge is 0.264 e. The standard InChI is InChI=1S/C19H22N4O2S/c1-12(2)10-23-15-6-7-22(19(24)16-5-4-8-26-16)11-14(15)17(21-23)18-20-9-13(3)25-18/h4-5,8-9,12H,6-7,10-11H2,1-3H3. The van der Waals surface area contributed by atoms with Crippen LogP contribution in [0.2, 0.25) is 0 Å². The highest BCUT2D eigenvalue weighted by Crippen LogP contribution is 2.31. The third kappa shape index (κ3) is 3.07. The van der Waals surface area contributed by atoms with Gasteiger partial charge < -0.3 is 9.32 Å². The lowest BCUT2D eigenvalue weighted by Crippen LogP contribution is -2.36. The lowest BCUT2D eigenvalue weighted by molar-refractivity contribution is 0.0738. The minimum atomic E-state index is 0.0804. The first-order valence-electron chi connectivity index (χ1n) is 8.87. The summed E-state index contributed by atoms with van der Waals surface area (Å²) in [6.07, 6.45) is 2.51. The molecule has 0 radical (unpaired) electrons. The summed E-state index contributed by atoms with van der Waals surface area (Å²) < 4.78 is 7.80. The van der Waals surface area contributed by atoms with E-state index in [0.29, 0.717) is 24.9 Å². The minimum Gasteiger partial charge on any atom is -0.440 e. The fourth-order valence-corrected chi connectivity index (χ4v) is 4.04. The lowest BCUT2D eigenvalue weighted by atomic mass is 10.0. The molecule has 3 aromatic heterocycles. The molecule has 0 aliphatic carbocycles. The number of thiophene rings is 1. The van der Waals surface area contributed by atoms with Crippen LogP contribution >= 0.6 is 11.3 Å². The molecule has 3 aromatic rings. The largest absolute Gasteiger partial charge is 0.440 e. The van der Waals surface area contributed by atoms with Gasteiger partial charge in [-0.2, -0.15) is 5.10 Å². The van der Waals surface area contributed by atoms with Crippen molar-refractivity contribution in [3.63, 3.8) is 0 Å². The number of fused-ring (bicyclic) bond motifs is 1. The fraction of sp³-hybridized carbons (Fsp3) is 0.421. The highest BCUT2D eigenvalue weighted by molar-refractivity contribution is 7.12. The Kier molecular flexibility index (Phi) is 4.40. The zero-order valence-corrected chi connectivity index (χ0v) is 16.0. The molecular weight excluding hydrogens is 348 g/mol. The number of hydrogen-bond donors (Lipinski definition) is 0. The van der Waals surface area contributed by atoms with Crippen LogP contribution in [-0.2, 0) is 19.5 Å². The van der Waals surface area contributed by atoms with Crippen LogP contribution in [-0.4, -0.2) is 32.1 Å². The zero-order valence-electron chi connectivity index (χ0n) is 15.2. The van der Waals surface area contributed by atoms with Gasteiger partial charge in [0, 0.05) is 30.8 Å². The first-order chi connectivity index (χ1) is 12.5. The maximum atomic E-state index is 12.8. The van der Waals surface area contributed by atoms with Crippen LogP contribution in [0.4, 0.5) is 0 Å². The third-order valence-corrected chi connectivity index (χ3v) is 5.37.